The molecule has 33 heavy (non-hydrogen) atoms. The van der Waals surface area contributed by atoms with Crippen molar-refractivity contribution in [2.45, 2.75) is 30.7 Å². The Balaban J connectivity index is 1.76. The van der Waals surface area contributed by atoms with Crippen molar-refractivity contribution in [1.82, 2.24) is 0 Å². The van der Waals surface area contributed by atoms with Crippen LogP contribution in [0, 0.1) is 0 Å². The van der Waals surface area contributed by atoms with Crippen molar-refractivity contribution >= 4 is 26.9 Å². The van der Waals surface area contributed by atoms with Crippen molar-refractivity contribution < 1.29 is 49.6 Å². The lowest BCUT2D eigenvalue weighted by atomic mass is 9.99. The van der Waals surface area contributed by atoms with Gasteiger partial charge in [0.15, 0.2) is 17.3 Å². The fourth-order valence-electron chi connectivity index (χ4n) is 3.47. The van der Waals surface area contributed by atoms with E-state index >= 15 is 0 Å². The van der Waals surface area contributed by atoms with E-state index in [0.29, 0.717) is 0 Å². The Morgan fingerprint density at radius 1 is 0.939 bits per heavy atom. The summed E-state index contributed by atoms with van der Waals surface area (Å²) >= 11 is 3.13. The smallest absolute Gasteiger partial charge is 0.229 e. The molecule has 0 bridgehead atoms. The highest BCUT2D eigenvalue weighted by molar-refractivity contribution is 9.10. The Hall–Kier alpha value is -2.87. The van der Waals surface area contributed by atoms with Crippen LogP contribution in [0.5, 0.6) is 23.0 Å². The predicted molar refractivity (Wildman–Crippen MR) is 115 cm³/mol. The summed E-state index contributed by atoms with van der Waals surface area (Å²) in [4.78, 5) is 12.8. The van der Waals surface area contributed by atoms with Crippen LogP contribution in [0.3, 0.4) is 0 Å². The molecule has 1 aliphatic heterocycles. The highest BCUT2D eigenvalue weighted by Gasteiger charge is 2.44. The van der Waals surface area contributed by atoms with Crippen LogP contribution in [0.25, 0.3) is 22.3 Å². The van der Waals surface area contributed by atoms with Crippen LogP contribution in [0.15, 0.2) is 44.0 Å². The zero-order chi connectivity index (χ0) is 24.0. The van der Waals surface area contributed by atoms with Gasteiger partial charge in [0.1, 0.15) is 51.4 Å². The van der Waals surface area contributed by atoms with Gasteiger partial charge >= 0.3 is 0 Å². The molecule has 7 N–H and O–H groups in total. The lowest BCUT2D eigenvalue weighted by molar-refractivity contribution is -0.277. The van der Waals surface area contributed by atoms with E-state index in [1.807, 2.05) is 0 Å². The number of ether oxygens (including phenoxy) is 2. The third kappa shape index (κ3) is 4.12. The maximum Gasteiger partial charge on any atom is 0.229 e. The third-order valence-electron chi connectivity index (χ3n) is 5.23. The second-order valence-corrected chi connectivity index (χ2v) is 8.20. The van der Waals surface area contributed by atoms with Gasteiger partial charge in [0.25, 0.3) is 0 Å². The highest BCUT2D eigenvalue weighted by Crippen LogP contribution is 2.38. The van der Waals surface area contributed by atoms with Crippen molar-refractivity contribution in [2.75, 3.05) is 6.61 Å². The molecule has 5 atom stereocenters. The van der Waals surface area contributed by atoms with Crippen molar-refractivity contribution in [3.63, 3.8) is 0 Å². The van der Waals surface area contributed by atoms with Gasteiger partial charge in [-0.05, 0) is 34.1 Å². The van der Waals surface area contributed by atoms with E-state index in [4.69, 9.17) is 13.9 Å². The molecule has 0 radical (unpaired) electrons. The molecule has 1 aromatic heterocycles. The minimum atomic E-state index is -1.69. The zero-order valence-corrected chi connectivity index (χ0v) is 18.2. The van der Waals surface area contributed by atoms with Gasteiger partial charge in [-0.1, -0.05) is 0 Å². The number of aromatic hydroxyl groups is 3. The van der Waals surface area contributed by atoms with Gasteiger partial charge in [0.05, 0.1) is 6.61 Å². The van der Waals surface area contributed by atoms with Gasteiger partial charge in [-0.2, -0.15) is 0 Å². The van der Waals surface area contributed by atoms with Gasteiger partial charge < -0.3 is 49.6 Å². The average Bonchev–Trinajstić information content (AvgIpc) is 2.78. The van der Waals surface area contributed by atoms with E-state index in [1.165, 1.54) is 24.3 Å². The molecule has 0 amide bonds. The number of phenols is 3. The number of phenolic OH excluding ortho intramolecular Hbond substituents is 3. The molecule has 176 valence electrons. The quantitative estimate of drug-likeness (QED) is 0.234. The standard InChI is InChI=1S/C21H19BrO11/c22-15-17(28)14-11(26)4-8(31-21-19(30)18(29)16(27)13(6-23)33-21)5-12(14)32-20(15)7-1-2-9(24)10(25)3-7/h1-5,13,16,18-19,21,23-27,29-30H,6H2/t13-,16-,18+,19-,21?/m1/s1. The lowest BCUT2D eigenvalue weighted by Crippen LogP contribution is -2.60. The van der Waals surface area contributed by atoms with E-state index in [1.54, 1.807) is 0 Å². The van der Waals surface area contributed by atoms with E-state index < -0.39 is 54.2 Å². The molecule has 1 fully saturated rings. The number of hydrogen-bond acceptors (Lipinski definition) is 11. The fraction of sp³-hybridized carbons (Fsp3) is 0.286. The van der Waals surface area contributed by atoms with Crippen LogP contribution in [-0.4, -0.2) is 73.1 Å². The Labute approximate surface area is 193 Å². The fourth-order valence-corrected chi connectivity index (χ4v) is 3.98. The number of aliphatic hydroxyl groups excluding tert-OH is 4. The number of aliphatic hydroxyl groups is 4. The third-order valence-corrected chi connectivity index (χ3v) is 5.95. The van der Waals surface area contributed by atoms with Crippen molar-refractivity contribution in [3.8, 4) is 34.3 Å². The molecule has 0 aliphatic carbocycles. The molecule has 1 unspecified atom stereocenters. The molecule has 1 aliphatic rings. The first-order valence-electron chi connectivity index (χ1n) is 9.61. The molecule has 12 heteroatoms. The van der Waals surface area contributed by atoms with Crippen LogP contribution in [-0.2, 0) is 4.74 Å². The summed E-state index contributed by atoms with van der Waals surface area (Å²) in [5.74, 6) is -1.45. The van der Waals surface area contributed by atoms with E-state index in [0.717, 1.165) is 6.07 Å². The maximum atomic E-state index is 12.8. The average molecular weight is 527 g/mol. The van der Waals surface area contributed by atoms with Crippen LogP contribution >= 0.6 is 15.9 Å². The normalized spacial score (nSPS) is 25.3. The van der Waals surface area contributed by atoms with E-state index in [-0.39, 0.29) is 38.3 Å². The summed E-state index contributed by atoms with van der Waals surface area (Å²) in [5, 5.41) is 68.8. The van der Waals surface area contributed by atoms with Crippen LogP contribution in [0.2, 0.25) is 0 Å². The van der Waals surface area contributed by atoms with Crippen LogP contribution in [0.1, 0.15) is 0 Å². The summed E-state index contributed by atoms with van der Waals surface area (Å²) in [6, 6.07) is 6.08. The Morgan fingerprint density at radius 2 is 1.67 bits per heavy atom. The summed E-state index contributed by atoms with van der Waals surface area (Å²) in [6.07, 6.45) is -7.65. The van der Waals surface area contributed by atoms with E-state index in [2.05, 4.69) is 15.9 Å². The number of rotatable bonds is 4. The zero-order valence-electron chi connectivity index (χ0n) is 16.6. The van der Waals surface area contributed by atoms with Crippen LogP contribution in [0.4, 0.5) is 0 Å². The topological polar surface area (TPSA) is 190 Å². The molecular formula is C21H19BrO11. The van der Waals surface area contributed by atoms with Crippen LogP contribution < -0.4 is 10.2 Å². The second kappa shape index (κ2) is 8.82. The molecular weight excluding hydrogens is 508 g/mol. The first-order valence-corrected chi connectivity index (χ1v) is 10.4. The Bertz CT molecular complexity index is 1260. The van der Waals surface area contributed by atoms with Gasteiger partial charge in [-0.15, -0.1) is 0 Å². The molecule has 2 aromatic carbocycles. The molecule has 1 saturated heterocycles. The summed E-state index contributed by atoms with van der Waals surface area (Å²) < 4.78 is 16.5. The van der Waals surface area contributed by atoms with Crippen molar-refractivity contribution in [1.29, 1.82) is 0 Å². The summed E-state index contributed by atoms with van der Waals surface area (Å²) in [6.45, 7) is -0.653. The number of halogens is 1. The maximum absolute atomic E-state index is 12.8. The predicted octanol–water partition coefficient (Wildman–Crippen LogP) is 0.518. The molecule has 2 heterocycles. The van der Waals surface area contributed by atoms with Crippen molar-refractivity contribution in [3.05, 3.63) is 45.0 Å². The largest absolute Gasteiger partial charge is 0.507 e. The molecule has 0 spiro atoms. The first kappa shape index (κ1) is 23.3. The van der Waals surface area contributed by atoms with E-state index in [9.17, 15) is 40.5 Å². The molecule has 4 rings (SSSR count). The molecule has 11 nitrogen and oxygen atoms in total. The van der Waals surface area contributed by atoms with Crippen molar-refractivity contribution in [2.24, 2.45) is 0 Å². The number of benzene rings is 2. The highest BCUT2D eigenvalue weighted by atomic mass is 79.9. The Kier molecular flexibility index (Phi) is 6.22. The minimum absolute atomic E-state index is 0.00723. The van der Waals surface area contributed by atoms with Gasteiger partial charge in [0, 0.05) is 17.7 Å². The Morgan fingerprint density at radius 3 is 2.33 bits per heavy atom. The molecule has 3 aromatic rings. The van der Waals surface area contributed by atoms with Gasteiger partial charge in [-0.25, -0.2) is 0 Å². The number of hydrogen-bond donors (Lipinski definition) is 7. The number of fused-ring (bicyclic) bond motifs is 1. The summed E-state index contributed by atoms with van der Waals surface area (Å²) in [5.41, 5.74) is -0.503. The van der Waals surface area contributed by atoms with Gasteiger partial charge in [0.2, 0.25) is 11.7 Å². The monoisotopic (exact) mass is 526 g/mol. The van der Waals surface area contributed by atoms with Gasteiger partial charge in [-0.3, -0.25) is 4.79 Å². The second-order valence-electron chi connectivity index (χ2n) is 7.41. The molecule has 0 saturated carbocycles. The lowest BCUT2D eigenvalue weighted by Gasteiger charge is -2.39. The summed E-state index contributed by atoms with van der Waals surface area (Å²) in [7, 11) is 0. The first-order chi connectivity index (χ1) is 15.6. The SMILES string of the molecule is O=c1c(Br)c(-c2ccc(O)c(O)c2)oc2cc(OC3O[C@H](CO)[C@@H](O)[C@H](O)[C@H]3O)cc(O)c12. The minimum Gasteiger partial charge on any atom is -0.507 e.